The van der Waals surface area contributed by atoms with Gasteiger partial charge >= 0.3 is 0 Å². The van der Waals surface area contributed by atoms with Crippen molar-refractivity contribution in [3.05, 3.63) is 28.1 Å². The number of nitrogens with zero attached hydrogens (tertiary/aromatic N) is 1. The molecule has 0 spiro atoms. The Morgan fingerprint density at radius 2 is 1.00 bits per heavy atom. The maximum atomic E-state index is 14.7. The largest absolute Gasteiger partial charge is 0.385 e. The van der Waals surface area contributed by atoms with Gasteiger partial charge in [-0.3, -0.25) is 14.6 Å². The summed E-state index contributed by atoms with van der Waals surface area (Å²) in [5.41, 5.74) is 4.07. The third kappa shape index (κ3) is 13.1. The number of hydrogen-bond acceptors (Lipinski definition) is 11. The predicted molar refractivity (Wildman–Crippen MR) is 209 cm³/mol. The van der Waals surface area contributed by atoms with E-state index in [0.29, 0.717) is 114 Å². The Bertz CT molecular complexity index is 1240. The van der Waals surface area contributed by atoms with Gasteiger partial charge in [0.15, 0.2) is 11.6 Å². The number of rotatable bonds is 18. The minimum atomic E-state index is 0.0908. The summed E-state index contributed by atoms with van der Waals surface area (Å²) in [6.45, 7) is 6.28. The predicted octanol–water partition coefficient (Wildman–Crippen LogP) is 5.77. The van der Waals surface area contributed by atoms with Crippen LogP contribution in [0.1, 0.15) is 159 Å². The summed E-state index contributed by atoms with van der Waals surface area (Å²) in [5.74, 6) is 0.355. The Balaban J connectivity index is 1.53. The maximum Gasteiger partial charge on any atom is 0.165 e. The molecule has 0 amide bonds. The van der Waals surface area contributed by atoms with Crippen LogP contribution in [0.25, 0.3) is 0 Å². The van der Waals surface area contributed by atoms with Gasteiger partial charge in [0.25, 0.3) is 0 Å². The van der Waals surface area contributed by atoms with Crippen molar-refractivity contribution in [2.24, 2.45) is 0 Å². The van der Waals surface area contributed by atoms with Crippen LogP contribution < -0.4 is 21.3 Å². The van der Waals surface area contributed by atoms with Crippen LogP contribution in [0.2, 0.25) is 0 Å². The molecular weight excluding hydrogens is 670 g/mol. The summed E-state index contributed by atoms with van der Waals surface area (Å²) in [6.07, 6.45) is 17.6. The van der Waals surface area contributed by atoms with Crippen LogP contribution >= 0.6 is 0 Å². The summed E-state index contributed by atoms with van der Waals surface area (Å²) in [5, 5.41) is 15.6. The van der Waals surface area contributed by atoms with Gasteiger partial charge in [0.05, 0.1) is 24.6 Å². The summed E-state index contributed by atoms with van der Waals surface area (Å²) in [7, 11) is 3.37. The second-order valence-electron chi connectivity index (χ2n) is 15.8. The zero-order valence-corrected chi connectivity index (χ0v) is 33.1. The van der Waals surface area contributed by atoms with Gasteiger partial charge in [-0.1, -0.05) is 44.9 Å². The first-order chi connectivity index (χ1) is 26.1. The van der Waals surface area contributed by atoms with E-state index in [9.17, 15) is 9.59 Å². The molecule has 1 aromatic heterocycles. The topological polar surface area (TPSA) is 132 Å². The molecule has 4 aliphatic rings. The van der Waals surface area contributed by atoms with Crippen molar-refractivity contribution in [2.75, 3.05) is 67.0 Å². The van der Waals surface area contributed by atoms with Crippen molar-refractivity contribution < 1.29 is 28.5 Å². The minimum absolute atomic E-state index is 0.0908. The molecule has 0 saturated heterocycles. The zero-order valence-electron chi connectivity index (χ0n) is 33.1. The number of ether oxygens (including phenoxy) is 4. The SMILES string of the molecule is COCCCOCCCC(=O)c1c2nc(c(C(=O)CCCOCCOC)c1C1CCCCC1)CN[C@@H]1CCCC[C@H]1NCCN[C@@H]1CCCC[C@H]1NC2. The van der Waals surface area contributed by atoms with Gasteiger partial charge in [-0.15, -0.1) is 0 Å². The van der Waals surface area contributed by atoms with Crippen molar-refractivity contribution in [3.63, 3.8) is 0 Å². The molecule has 3 fully saturated rings. The first-order valence-electron chi connectivity index (χ1n) is 21.3. The average Bonchev–Trinajstić information content (AvgIpc) is 3.19. The fraction of sp³-hybridized carbons (Fsp3) is 0.833. The first-order valence-corrected chi connectivity index (χ1v) is 21.3. The molecule has 11 heteroatoms. The van der Waals surface area contributed by atoms with Crippen molar-refractivity contribution in [2.45, 2.75) is 159 Å². The molecule has 0 aromatic carbocycles. The average molecular weight is 742 g/mol. The molecule has 1 aromatic rings. The van der Waals surface area contributed by atoms with Crippen LogP contribution in [0.5, 0.6) is 0 Å². The third-order valence-corrected chi connectivity index (χ3v) is 11.9. The van der Waals surface area contributed by atoms with Gasteiger partial charge in [0.2, 0.25) is 0 Å². The van der Waals surface area contributed by atoms with Crippen molar-refractivity contribution in [3.8, 4) is 0 Å². The van der Waals surface area contributed by atoms with E-state index >= 15 is 0 Å². The van der Waals surface area contributed by atoms with Crippen LogP contribution in [0.4, 0.5) is 0 Å². The number of nitrogens with one attached hydrogen (secondary N) is 4. The van der Waals surface area contributed by atoms with Crippen LogP contribution in [0.3, 0.4) is 0 Å². The summed E-state index contributed by atoms with van der Waals surface area (Å²) in [4.78, 5) is 34.7. The second-order valence-corrected chi connectivity index (χ2v) is 15.8. The quantitative estimate of drug-likeness (QED) is 0.108. The molecule has 11 nitrogen and oxygen atoms in total. The maximum absolute atomic E-state index is 14.7. The second kappa shape index (κ2) is 23.9. The van der Waals surface area contributed by atoms with Gasteiger partial charge in [-0.25, -0.2) is 0 Å². The number of Topliss-reactive ketones (excluding diaryl/α,β-unsaturated/α-hetero) is 2. The standard InChI is InChI=1S/C42H71N5O6/c1-50-23-12-26-52-24-10-19-38(48)41-36-29-45-34-17-8-6-15-32(34)43-21-22-44-33-16-7-9-18-35(33)46-30-37(47-36)42(40(41)31-13-4-3-5-14-31)39(49)20-11-25-53-28-27-51-2/h31-35,43-46H,3-30H2,1-2H3/t32-,33-,34-,35-/m1/s1. The molecule has 53 heavy (non-hydrogen) atoms. The van der Waals surface area contributed by atoms with Gasteiger partial charge < -0.3 is 40.2 Å². The highest BCUT2D eigenvalue weighted by atomic mass is 16.5. The third-order valence-electron chi connectivity index (χ3n) is 11.9. The molecule has 3 aliphatic carbocycles. The van der Waals surface area contributed by atoms with Crippen LogP contribution in [-0.2, 0) is 32.0 Å². The Kier molecular flexibility index (Phi) is 19.1. The lowest BCUT2D eigenvalue weighted by Gasteiger charge is -2.34. The summed E-state index contributed by atoms with van der Waals surface area (Å²) >= 11 is 0. The molecule has 3 saturated carbocycles. The first kappa shape index (κ1) is 42.3. The summed E-state index contributed by atoms with van der Waals surface area (Å²) < 4.78 is 21.9. The van der Waals surface area contributed by atoms with Gasteiger partial charge in [-0.2, -0.15) is 0 Å². The molecule has 300 valence electrons. The van der Waals surface area contributed by atoms with Gasteiger partial charge in [0, 0.05) is 115 Å². The Labute approximate surface area is 319 Å². The van der Waals surface area contributed by atoms with E-state index in [1.165, 1.54) is 32.1 Å². The molecule has 2 bridgehead atoms. The van der Waals surface area contributed by atoms with E-state index in [-0.39, 0.29) is 17.5 Å². The van der Waals surface area contributed by atoms with Crippen LogP contribution in [-0.4, -0.2) is 108 Å². The fourth-order valence-electron chi connectivity index (χ4n) is 9.17. The van der Waals surface area contributed by atoms with Gasteiger partial charge in [0.1, 0.15) is 0 Å². The van der Waals surface area contributed by atoms with Crippen LogP contribution in [0, 0.1) is 0 Å². The number of methoxy groups -OCH3 is 2. The molecule has 0 radical (unpaired) electrons. The number of ketones is 2. The minimum Gasteiger partial charge on any atom is -0.385 e. The lowest BCUT2D eigenvalue weighted by atomic mass is 9.76. The number of pyridine rings is 1. The highest BCUT2D eigenvalue weighted by molar-refractivity contribution is 6.05. The highest BCUT2D eigenvalue weighted by Gasteiger charge is 2.34. The molecule has 0 unspecified atom stereocenters. The lowest BCUT2D eigenvalue weighted by molar-refractivity contribution is 0.0669. The number of hydrogen-bond donors (Lipinski definition) is 4. The molecule has 4 atom stereocenters. The molecule has 2 heterocycles. The van der Waals surface area contributed by atoms with Crippen molar-refractivity contribution in [1.29, 1.82) is 0 Å². The Morgan fingerprint density at radius 3 is 1.51 bits per heavy atom. The van der Waals surface area contributed by atoms with Crippen LogP contribution in [0.15, 0.2) is 0 Å². The lowest BCUT2D eigenvalue weighted by Crippen LogP contribution is -2.53. The van der Waals surface area contributed by atoms with E-state index < -0.39 is 0 Å². The number of aromatic nitrogens is 1. The Hall–Kier alpha value is -1.83. The molecule has 4 N–H and O–H groups in total. The molecular formula is C42H71N5O6. The fourth-order valence-corrected chi connectivity index (χ4v) is 9.17. The highest BCUT2D eigenvalue weighted by Crippen LogP contribution is 2.40. The van der Waals surface area contributed by atoms with Crippen molar-refractivity contribution >= 4 is 11.6 Å². The van der Waals surface area contributed by atoms with E-state index in [2.05, 4.69) is 21.3 Å². The number of carbonyl (C=O) groups excluding carboxylic acids is 2. The van der Waals surface area contributed by atoms with E-state index in [0.717, 1.165) is 87.8 Å². The molecule has 5 rings (SSSR count). The van der Waals surface area contributed by atoms with Gasteiger partial charge in [-0.05, 0) is 69.3 Å². The molecule has 1 aliphatic heterocycles. The Morgan fingerprint density at radius 1 is 0.547 bits per heavy atom. The smallest absolute Gasteiger partial charge is 0.165 e. The number of fused-ring (bicyclic) bond motifs is 4. The van der Waals surface area contributed by atoms with E-state index in [1.54, 1.807) is 14.2 Å². The normalized spacial score (nSPS) is 24.8. The zero-order chi connectivity index (χ0) is 37.1. The van der Waals surface area contributed by atoms with E-state index in [1.807, 2.05) is 0 Å². The monoisotopic (exact) mass is 742 g/mol. The number of carbonyl (C=O) groups is 2. The van der Waals surface area contributed by atoms with E-state index in [4.69, 9.17) is 23.9 Å². The summed E-state index contributed by atoms with van der Waals surface area (Å²) in [6, 6.07) is 1.38. The van der Waals surface area contributed by atoms with Crippen molar-refractivity contribution in [1.82, 2.24) is 26.3 Å².